The Morgan fingerprint density at radius 2 is 2.22 bits per heavy atom. The fraction of sp³-hybridized carbons (Fsp3) is 0.188. The second-order valence-corrected chi connectivity index (χ2v) is 5.65. The third kappa shape index (κ3) is 3.60. The Kier molecular flexibility index (Phi) is 4.16. The molecule has 0 fully saturated rings. The van der Waals surface area contributed by atoms with E-state index in [0.29, 0.717) is 22.3 Å². The van der Waals surface area contributed by atoms with Crippen molar-refractivity contribution in [2.24, 2.45) is 0 Å². The largest absolute Gasteiger partial charge is 0.423 e. The van der Waals surface area contributed by atoms with E-state index in [1.165, 1.54) is 0 Å². The van der Waals surface area contributed by atoms with Crippen LogP contribution in [0.4, 0.5) is 11.5 Å². The van der Waals surface area contributed by atoms with Crippen molar-refractivity contribution >= 4 is 35.0 Å². The van der Waals surface area contributed by atoms with Crippen LogP contribution in [-0.2, 0) is 9.59 Å². The van der Waals surface area contributed by atoms with Gasteiger partial charge >= 0.3 is 5.97 Å². The number of esters is 1. The summed E-state index contributed by atoms with van der Waals surface area (Å²) >= 11 is 5.98. The van der Waals surface area contributed by atoms with Crippen molar-refractivity contribution in [3.8, 4) is 5.75 Å². The molecule has 0 radical (unpaired) electrons. The van der Waals surface area contributed by atoms with Crippen molar-refractivity contribution in [1.82, 2.24) is 4.98 Å². The Morgan fingerprint density at radius 3 is 2.96 bits per heavy atom. The molecule has 0 saturated heterocycles. The zero-order chi connectivity index (χ0) is 16.4. The second kappa shape index (κ2) is 6.26. The van der Waals surface area contributed by atoms with E-state index in [0.717, 1.165) is 5.56 Å². The number of pyridine rings is 1. The predicted molar refractivity (Wildman–Crippen MR) is 86.9 cm³/mol. The first-order valence-electron chi connectivity index (χ1n) is 6.99. The van der Waals surface area contributed by atoms with Gasteiger partial charge in [-0.15, -0.1) is 0 Å². The average Bonchev–Trinajstić information content (AvgIpc) is 2.50. The molecule has 1 aromatic carbocycles. The number of nitrogens with zero attached hydrogens (tertiary/aromatic N) is 2. The maximum Gasteiger partial charge on any atom is 0.331 e. The van der Waals surface area contributed by atoms with E-state index in [9.17, 15) is 9.59 Å². The average molecular weight is 332 g/mol. The quantitative estimate of drug-likeness (QED) is 0.690. The van der Waals surface area contributed by atoms with E-state index in [2.05, 4.69) is 10.3 Å². The second-order valence-electron chi connectivity index (χ2n) is 5.21. The Bertz CT molecular complexity index is 762. The lowest BCUT2D eigenvalue weighted by molar-refractivity contribution is -0.133. The van der Waals surface area contributed by atoms with E-state index in [1.807, 2.05) is 13.0 Å². The molecular weight excluding hydrogens is 318 g/mol. The lowest BCUT2D eigenvalue weighted by atomic mass is 10.2. The normalized spacial score (nSPS) is 13.3. The van der Waals surface area contributed by atoms with E-state index in [4.69, 9.17) is 16.3 Å². The van der Waals surface area contributed by atoms with Crippen molar-refractivity contribution in [2.75, 3.05) is 23.3 Å². The number of aromatic nitrogens is 1. The highest BCUT2D eigenvalue weighted by Gasteiger charge is 2.26. The van der Waals surface area contributed by atoms with Gasteiger partial charge in [-0.3, -0.25) is 4.79 Å². The van der Waals surface area contributed by atoms with Crippen LogP contribution < -0.4 is 15.0 Å². The molecule has 0 spiro atoms. The number of anilines is 2. The molecule has 23 heavy (non-hydrogen) atoms. The van der Waals surface area contributed by atoms with E-state index >= 15 is 0 Å². The summed E-state index contributed by atoms with van der Waals surface area (Å²) in [5, 5.41) is 3.21. The highest BCUT2D eigenvalue weighted by atomic mass is 35.5. The summed E-state index contributed by atoms with van der Waals surface area (Å²) in [6.45, 7) is 1.90. The first-order valence-corrected chi connectivity index (χ1v) is 7.37. The number of carbonyl (C=O) groups is 2. The number of ether oxygens (including phenoxy) is 1. The van der Waals surface area contributed by atoms with Crippen molar-refractivity contribution in [2.45, 2.75) is 6.92 Å². The number of hydrogen-bond donors (Lipinski definition) is 1. The number of fused-ring (bicyclic) bond motifs is 1. The van der Waals surface area contributed by atoms with Gasteiger partial charge in [0.05, 0.1) is 12.2 Å². The van der Waals surface area contributed by atoms with Gasteiger partial charge in [0.2, 0.25) is 5.91 Å². The van der Waals surface area contributed by atoms with Gasteiger partial charge in [-0.25, -0.2) is 9.78 Å². The number of nitrogens with one attached hydrogen (secondary N) is 1. The molecule has 1 amide bonds. The van der Waals surface area contributed by atoms with Crippen LogP contribution in [0.2, 0.25) is 5.02 Å². The smallest absolute Gasteiger partial charge is 0.331 e. The Morgan fingerprint density at radius 1 is 1.39 bits per heavy atom. The molecule has 2 aromatic rings. The van der Waals surface area contributed by atoms with Crippen LogP contribution in [0.3, 0.4) is 0 Å². The highest BCUT2D eigenvalue weighted by molar-refractivity contribution is 6.31. The van der Waals surface area contributed by atoms with Crippen LogP contribution in [0.5, 0.6) is 5.75 Å². The third-order valence-corrected chi connectivity index (χ3v) is 3.55. The van der Waals surface area contributed by atoms with Gasteiger partial charge in [0.1, 0.15) is 12.4 Å². The molecular formula is C16H14ClN3O3. The van der Waals surface area contributed by atoms with E-state index in [1.54, 1.807) is 35.4 Å². The van der Waals surface area contributed by atoms with Crippen LogP contribution in [0.25, 0.3) is 0 Å². The maximum absolute atomic E-state index is 12.2. The molecule has 2 heterocycles. The first kappa shape index (κ1) is 15.3. The molecule has 1 aromatic heterocycles. The summed E-state index contributed by atoms with van der Waals surface area (Å²) in [6, 6.07) is 8.49. The van der Waals surface area contributed by atoms with Crippen molar-refractivity contribution in [1.29, 1.82) is 0 Å². The van der Waals surface area contributed by atoms with Crippen LogP contribution in [0.15, 0.2) is 36.5 Å². The molecule has 1 N–H and O–H groups in total. The SMILES string of the molecule is Cc1ccc(NC(=O)CN2CC(=O)Oc3ccc(Cl)cc32)nc1. The standard InChI is InChI=1S/C16H14ClN3O3/c1-10-2-5-14(18-7-10)19-15(21)8-20-9-16(22)23-13-4-3-11(17)6-12(13)20/h2-7H,8-9H2,1H3,(H,18,19,21). The predicted octanol–water partition coefficient (Wildman–Crippen LogP) is 2.41. The number of aryl methyl sites for hydroxylation is 1. The Hall–Kier alpha value is -2.60. The molecule has 7 heteroatoms. The number of hydrogen-bond acceptors (Lipinski definition) is 5. The molecule has 0 bridgehead atoms. The van der Waals surface area contributed by atoms with Gasteiger partial charge in [0.25, 0.3) is 0 Å². The fourth-order valence-corrected chi connectivity index (χ4v) is 2.42. The number of rotatable bonds is 3. The van der Waals surface area contributed by atoms with Crippen LogP contribution >= 0.6 is 11.6 Å². The molecule has 118 valence electrons. The van der Waals surface area contributed by atoms with Gasteiger partial charge in [-0.05, 0) is 36.8 Å². The van der Waals surface area contributed by atoms with Gasteiger partial charge in [-0.2, -0.15) is 0 Å². The third-order valence-electron chi connectivity index (χ3n) is 3.32. The van der Waals surface area contributed by atoms with Crippen molar-refractivity contribution in [3.05, 3.63) is 47.1 Å². The molecule has 3 rings (SSSR count). The summed E-state index contributed by atoms with van der Waals surface area (Å²) < 4.78 is 5.15. The molecule has 0 atom stereocenters. The summed E-state index contributed by atoms with van der Waals surface area (Å²) in [5.74, 6) is 0.168. The minimum Gasteiger partial charge on any atom is -0.423 e. The molecule has 1 aliphatic rings. The number of amides is 1. The lowest BCUT2D eigenvalue weighted by Crippen LogP contribution is -2.41. The lowest BCUT2D eigenvalue weighted by Gasteiger charge is -2.29. The summed E-state index contributed by atoms with van der Waals surface area (Å²) in [5.41, 5.74) is 1.62. The monoisotopic (exact) mass is 331 g/mol. The molecule has 0 aliphatic carbocycles. The van der Waals surface area contributed by atoms with Crippen LogP contribution in [0.1, 0.15) is 5.56 Å². The molecule has 0 saturated carbocycles. The summed E-state index contributed by atoms with van der Waals surface area (Å²) in [4.78, 5) is 29.6. The maximum atomic E-state index is 12.2. The van der Waals surface area contributed by atoms with E-state index < -0.39 is 5.97 Å². The van der Waals surface area contributed by atoms with Crippen LogP contribution in [-0.4, -0.2) is 29.9 Å². The van der Waals surface area contributed by atoms with Gasteiger partial charge in [0, 0.05) is 11.2 Å². The fourth-order valence-electron chi connectivity index (χ4n) is 2.26. The van der Waals surface area contributed by atoms with Gasteiger partial charge in [-0.1, -0.05) is 17.7 Å². The zero-order valence-electron chi connectivity index (χ0n) is 12.4. The number of halogens is 1. The highest BCUT2D eigenvalue weighted by Crippen LogP contribution is 2.34. The summed E-state index contributed by atoms with van der Waals surface area (Å²) in [6.07, 6.45) is 1.67. The number of benzene rings is 1. The van der Waals surface area contributed by atoms with Crippen molar-refractivity contribution < 1.29 is 14.3 Å². The topological polar surface area (TPSA) is 71.5 Å². The minimum atomic E-state index is -0.416. The van der Waals surface area contributed by atoms with Gasteiger partial charge < -0.3 is 15.0 Å². The zero-order valence-corrected chi connectivity index (χ0v) is 13.1. The Balaban J connectivity index is 1.74. The molecule has 0 unspecified atom stereocenters. The van der Waals surface area contributed by atoms with Gasteiger partial charge in [0.15, 0.2) is 5.75 Å². The first-order chi connectivity index (χ1) is 11.0. The van der Waals surface area contributed by atoms with E-state index in [-0.39, 0.29) is 19.0 Å². The minimum absolute atomic E-state index is 0.00199. The Labute approximate surface area is 138 Å². The van der Waals surface area contributed by atoms with Crippen LogP contribution in [0, 0.1) is 6.92 Å². The molecule has 6 nitrogen and oxygen atoms in total. The summed E-state index contributed by atoms with van der Waals surface area (Å²) in [7, 11) is 0. The molecule has 1 aliphatic heterocycles. The van der Waals surface area contributed by atoms with Crippen molar-refractivity contribution in [3.63, 3.8) is 0 Å². The number of carbonyl (C=O) groups excluding carboxylic acids is 2.